The predicted molar refractivity (Wildman–Crippen MR) is 57.6 cm³/mol. The first-order valence-corrected chi connectivity index (χ1v) is 5.09. The van der Waals surface area contributed by atoms with E-state index in [0.29, 0.717) is 21.2 Å². The zero-order valence-corrected chi connectivity index (χ0v) is 9.73. The normalized spacial score (nSPS) is 13.0. The number of aliphatic hydroxyl groups is 1. The van der Waals surface area contributed by atoms with Gasteiger partial charge in [0.2, 0.25) is 0 Å². The molecule has 0 spiro atoms. The summed E-state index contributed by atoms with van der Waals surface area (Å²) < 4.78 is 14.3. The Morgan fingerprint density at radius 2 is 2.07 bits per heavy atom. The molecule has 0 aromatic heterocycles. The summed E-state index contributed by atoms with van der Waals surface area (Å²) in [7, 11) is 0. The Hall–Kier alpha value is -0.450. The number of aliphatic hydroxyl groups excluding tert-OH is 1. The summed E-state index contributed by atoms with van der Waals surface area (Å²) in [6.45, 7) is 3.18. The highest BCUT2D eigenvalue weighted by atomic mass is 79.9. The summed E-state index contributed by atoms with van der Waals surface area (Å²) in [6.07, 6.45) is 0. The number of benzene rings is 1. The van der Waals surface area contributed by atoms with Crippen molar-refractivity contribution >= 4 is 15.9 Å². The van der Waals surface area contributed by atoms with Gasteiger partial charge in [-0.3, -0.25) is 0 Å². The Morgan fingerprint density at radius 3 is 2.57 bits per heavy atom. The topological polar surface area (TPSA) is 46.2 Å². The van der Waals surface area contributed by atoms with E-state index in [0.717, 1.165) is 0 Å². The van der Waals surface area contributed by atoms with E-state index >= 15 is 0 Å². The van der Waals surface area contributed by atoms with Crippen molar-refractivity contribution in [2.75, 3.05) is 6.61 Å². The Kier molecular flexibility index (Phi) is 3.64. The Labute approximate surface area is 91.1 Å². The molecule has 0 saturated carbocycles. The van der Waals surface area contributed by atoms with E-state index in [-0.39, 0.29) is 12.4 Å². The lowest BCUT2D eigenvalue weighted by Gasteiger charge is -2.15. The first-order chi connectivity index (χ1) is 6.49. The summed E-state index contributed by atoms with van der Waals surface area (Å²) in [5, 5.41) is 8.90. The van der Waals surface area contributed by atoms with Crippen LogP contribution in [0.1, 0.15) is 22.7 Å². The van der Waals surface area contributed by atoms with E-state index < -0.39 is 6.04 Å². The van der Waals surface area contributed by atoms with Gasteiger partial charge in [0.25, 0.3) is 0 Å². The third kappa shape index (κ3) is 1.97. The minimum atomic E-state index is -0.526. The van der Waals surface area contributed by atoms with Crippen molar-refractivity contribution in [3.8, 4) is 0 Å². The maximum atomic E-state index is 13.6. The lowest BCUT2D eigenvalue weighted by atomic mass is 9.99. The lowest BCUT2D eigenvalue weighted by molar-refractivity contribution is 0.267. The molecule has 2 nitrogen and oxygen atoms in total. The van der Waals surface area contributed by atoms with Crippen LogP contribution in [0.5, 0.6) is 0 Å². The molecule has 0 heterocycles. The minimum absolute atomic E-state index is 0.185. The van der Waals surface area contributed by atoms with Gasteiger partial charge in [0.15, 0.2) is 0 Å². The molecular weight excluding hydrogens is 249 g/mol. The quantitative estimate of drug-likeness (QED) is 0.858. The highest BCUT2D eigenvalue weighted by Gasteiger charge is 2.15. The SMILES string of the molecule is Cc1c(Br)cc(C(N)CO)c(C)c1F. The zero-order chi connectivity index (χ0) is 10.9. The van der Waals surface area contributed by atoms with E-state index in [9.17, 15) is 4.39 Å². The highest BCUT2D eigenvalue weighted by molar-refractivity contribution is 9.10. The molecule has 0 aliphatic heterocycles. The Balaban J connectivity index is 3.33. The number of halogens is 2. The third-order valence-electron chi connectivity index (χ3n) is 2.33. The molecule has 14 heavy (non-hydrogen) atoms. The van der Waals surface area contributed by atoms with Crippen LogP contribution in [0.15, 0.2) is 10.5 Å². The molecule has 0 radical (unpaired) electrons. The van der Waals surface area contributed by atoms with Crippen molar-refractivity contribution in [2.24, 2.45) is 5.73 Å². The summed E-state index contributed by atoms with van der Waals surface area (Å²) in [4.78, 5) is 0. The highest BCUT2D eigenvalue weighted by Crippen LogP contribution is 2.27. The smallest absolute Gasteiger partial charge is 0.130 e. The van der Waals surface area contributed by atoms with Crippen LogP contribution in [-0.4, -0.2) is 11.7 Å². The molecule has 1 rings (SSSR count). The molecule has 1 aromatic carbocycles. The molecule has 0 aliphatic rings. The van der Waals surface area contributed by atoms with Crippen molar-refractivity contribution in [3.05, 3.63) is 33.0 Å². The van der Waals surface area contributed by atoms with Gasteiger partial charge in [0, 0.05) is 4.47 Å². The molecule has 1 aromatic rings. The molecule has 3 N–H and O–H groups in total. The van der Waals surface area contributed by atoms with E-state index in [2.05, 4.69) is 15.9 Å². The van der Waals surface area contributed by atoms with E-state index in [4.69, 9.17) is 10.8 Å². The zero-order valence-electron chi connectivity index (χ0n) is 8.14. The molecule has 0 fully saturated rings. The molecule has 1 atom stereocenters. The van der Waals surface area contributed by atoms with Gasteiger partial charge >= 0.3 is 0 Å². The van der Waals surface area contributed by atoms with Crippen LogP contribution in [0.3, 0.4) is 0 Å². The average Bonchev–Trinajstić information content (AvgIpc) is 2.19. The minimum Gasteiger partial charge on any atom is -0.394 e. The van der Waals surface area contributed by atoms with Crippen LogP contribution in [0, 0.1) is 19.7 Å². The molecule has 0 saturated heterocycles. The van der Waals surface area contributed by atoms with Crippen molar-refractivity contribution < 1.29 is 9.50 Å². The standard InChI is InChI=1S/C10H13BrFNO/c1-5-7(9(13)4-14)3-8(11)6(2)10(5)12/h3,9,14H,4,13H2,1-2H3. The number of hydrogen-bond donors (Lipinski definition) is 2. The second kappa shape index (κ2) is 4.38. The van der Waals surface area contributed by atoms with Gasteiger partial charge in [-0.25, -0.2) is 4.39 Å². The number of rotatable bonds is 2. The molecule has 0 bridgehead atoms. The first kappa shape index (κ1) is 11.6. The fraction of sp³-hybridized carbons (Fsp3) is 0.400. The number of hydrogen-bond acceptors (Lipinski definition) is 2. The van der Waals surface area contributed by atoms with Crippen molar-refractivity contribution in [3.63, 3.8) is 0 Å². The van der Waals surface area contributed by atoms with Gasteiger partial charge < -0.3 is 10.8 Å². The second-order valence-electron chi connectivity index (χ2n) is 3.30. The third-order valence-corrected chi connectivity index (χ3v) is 3.15. The second-order valence-corrected chi connectivity index (χ2v) is 4.16. The summed E-state index contributed by atoms with van der Waals surface area (Å²) in [6, 6.07) is 1.23. The average molecular weight is 262 g/mol. The van der Waals surface area contributed by atoms with E-state index in [1.54, 1.807) is 19.9 Å². The Bertz CT molecular complexity index is 354. The summed E-state index contributed by atoms with van der Waals surface area (Å²) >= 11 is 3.25. The summed E-state index contributed by atoms with van der Waals surface area (Å²) in [5.74, 6) is -0.265. The van der Waals surface area contributed by atoms with Crippen LogP contribution in [-0.2, 0) is 0 Å². The van der Waals surface area contributed by atoms with E-state index in [1.165, 1.54) is 0 Å². The predicted octanol–water partition coefficient (Wildman–Crippen LogP) is 2.20. The van der Waals surface area contributed by atoms with E-state index in [1.807, 2.05) is 0 Å². The fourth-order valence-electron chi connectivity index (χ4n) is 1.35. The van der Waals surface area contributed by atoms with Crippen LogP contribution >= 0.6 is 15.9 Å². The monoisotopic (exact) mass is 261 g/mol. The summed E-state index contributed by atoms with van der Waals surface area (Å²) in [5.41, 5.74) is 7.36. The molecule has 0 aliphatic carbocycles. The van der Waals surface area contributed by atoms with Crippen molar-refractivity contribution in [1.29, 1.82) is 0 Å². The van der Waals surface area contributed by atoms with Gasteiger partial charge in [-0.2, -0.15) is 0 Å². The van der Waals surface area contributed by atoms with Gasteiger partial charge in [-0.15, -0.1) is 0 Å². The van der Waals surface area contributed by atoms with Gasteiger partial charge in [0.1, 0.15) is 5.82 Å². The van der Waals surface area contributed by atoms with Crippen LogP contribution in [0.4, 0.5) is 4.39 Å². The lowest BCUT2D eigenvalue weighted by Crippen LogP contribution is -2.16. The van der Waals surface area contributed by atoms with Gasteiger partial charge in [-0.05, 0) is 36.6 Å². The molecule has 1 unspecified atom stereocenters. The van der Waals surface area contributed by atoms with Gasteiger partial charge in [-0.1, -0.05) is 15.9 Å². The molecular formula is C10H13BrFNO. The molecule has 4 heteroatoms. The maximum Gasteiger partial charge on any atom is 0.130 e. The number of nitrogens with two attached hydrogens (primary N) is 1. The first-order valence-electron chi connectivity index (χ1n) is 4.30. The maximum absolute atomic E-state index is 13.6. The largest absolute Gasteiger partial charge is 0.394 e. The van der Waals surface area contributed by atoms with Crippen molar-refractivity contribution in [2.45, 2.75) is 19.9 Å². The molecule has 78 valence electrons. The molecule has 0 amide bonds. The van der Waals surface area contributed by atoms with Crippen molar-refractivity contribution in [1.82, 2.24) is 0 Å². The Morgan fingerprint density at radius 1 is 1.50 bits per heavy atom. The van der Waals surface area contributed by atoms with Crippen LogP contribution < -0.4 is 5.73 Å². The van der Waals surface area contributed by atoms with Crippen LogP contribution in [0.25, 0.3) is 0 Å². The fourth-order valence-corrected chi connectivity index (χ4v) is 1.77. The van der Waals surface area contributed by atoms with Crippen LogP contribution in [0.2, 0.25) is 0 Å². The van der Waals surface area contributed by atoms with Gasteiger partial charge in [0.05, 0.1) is 12.6 Å².